The summed E-state index contributed by atoms with van der Waals surface area (Å²) in [5, 5.41) is 12.6. The molecule has 0 fully saturated rings. The average Bonchev–Trinajstić information content (AvgIpc) is 3.22. The fourth-order valence-electron chi connectivity index (χ4n) is 3.34. The van der Waals surface area contributed by atoms with Crippen molar-refractivity contribution >= 4 is 35.0 Å². The Morgan fingerprint density at radius 3 is 2.45 bits per heavy atom. The van der Waals surface area contributed by atoms with E-state index in [-0.39, 0.29) is 23.8 Å². The fraction of sp³-hybridized carbons (Fsp3) is 0.375. The third-order valence-corrected chi connectivity index (χ3v) is 6.61. The van der Waals surface area contributed by atoms with Crippen LogP contribution < -0.4 is 14.8 Å². The highest BCUT2D eigenvalue weighted by Crippen LogP contribution is 2.30. The quantitative estimate of drug-likeness (QED) is 0.333. The summed E-state index contributed by atoms with van der Waals surface area (Å²) in [4.78, 5) is 12.8. The molecular weight excluding hydrogens is 460 g/mol. The van der Waals surface area contributed by atoms with Crippen LogP contribution in [0.25, 0.3) is 0 Å². The normalized spacial score (nSPS) is 11.9. The van der Waals surface area contributed by atoms with Gasteiger partial charge in [0.2, 0.25) is 5.91 Å². The second-order valence-electron chi connectivity index (χ2n) is 7.44. The molecule has 33 heavy (non-hydrogen) atoms. The summed E-state index contributed by atoms with van der Waals surface area (Å²) >= 11 is 7.60. The minimum atomic E-state index is -0.373. The third kappa shape index (κ3) is 6.42. The molecule has 0 aliphatic heterocycles. The summed E-state index contributed by atoms with van der Waals surface area (Å²) < 4.78 is 13.2. The highest BCUT2D eigenvalue weighted by molar-refractivity contribution is 8.00. The van der Waals surface area contributed by atoms with E-state index in [1.165, 1.54) is 11.8 Å². The molecule has 0 aliphatic rings. The minimum absolute atomic E-state index is 0.113. The number of para-hydroxylation sites is 1. The van der Waals surface area contributed by atoms with Gasteiger partial charge in [-0.15, -0.1) is 10.2 Å². The highest BCUT2D eigenvalue weighted by Gasteiger charge is 2.24. The van der Waals surface area contributed by atoms with E-state index in [2.05, 4.69) is 33.9 Å². The summed E-state index contributed by atoms with van der Waals surface area (Å²) in [5.41, 5.74) is 0.712. The Morgan fingerprint density at radius 1 is 1.12 bits per heavy atom. The van der Waals surface area contributed by atoms with Gasteiger partial charge >= 0.3 is 0 Å². The number of carbonyl (C=O) groups is 1. The van der Waals surface area contributed by atoms with Gasteiger partial charge in [0.25, 0.3) is 0 Å². The van der Waals surface area contributed by atoms with E-state index in [0.717, 1.165) is 18.6 Å². The van der Waals surface area contributed by atoms with Crippen LogP contribution in [0, 0.1) is 0 Å². The maximum Gasteiger partial charge on any atom is 0.237 e. The van der Waals surface area contributed by atoms with Gasteiger partial charge in [0, 0.05) is 11.7 Å². The van der Waals surface area contributed by atoms with Crippen molar-refractivity contribution in [2.45, 2.75) is 56.7 Å². The average molecular weight is 489 g/mol. The second-order valence-corrected chi connectivity index (χ2v) is 9.15. The Balaban J connectivity index is 1.74. The van der Waals surface area contributed by atoms with Gasteiger partial charge < -0.3 is 19.4 Å². The van der Waals surface area contributed by atoms with E-state index in [1.807, 2.05) is 49.4 Å². The molecule has 1 N–H and O–H groups in total. The van der Waals surface area contributed by atoms with Crippen molar-refractivity contribution < 1.29 is 14.3 Å². The molecule has 0 radical (unpaired) electrons. The standard InChI is InChI=1S/C24H29ClN4O3S/c1-5-18(6-2)29-22(15-32-21-10-8-7-9-20(21)25)27-28-24(29)33-16(3)23(30)26-17-11-13-19(31-4)14-12-17/h7-14,16,18H,5-6,15H2,1-4H3,(H,26,30). The van der Waals surface area contributed by atoms with Gasteiger partial charge in [-0.25, -0.2) is 0 Å². The predicted molar refractivity (Wildman–Crippen MR) is 132 cm³/mol. The van der Waals surface area contributed by atoms with Crippen LogP contribution in [-0.4, -0.2) is 33.0 Å². The van der Waals surface area contributed by atoms with Crippen LogP contribution in [0.15, 0.2) is 53.7 Å². The number of hydrogen-bond acceptors (Lipinski definition) is 6. The molecule has 1 aromatic heterocycles. The molecule has 0 aliphatic carbocycles. The van der Waals surface area contributed by atoms with E-state index in [0.29, 0.717) is 27.4 Å². The number of nitrogens with zero attached hydrogens (tertiary/aromatic N) is 3. The number of thioether (sulfide) groups is 1. The lowest BCUT2D eigenvalue weighted by atomic mass is 10.2. The molecule has 1 amide bonds. The van der Waals surface area contributed by atoms with E-state index in [4.69, 9.17) is 21.1 Å². The number of methoxy groups -OCH3 is 1. The summed E-state index contributed by atoms with van der Waals surface area (Å²) in [6.45, 7) is 6.35. The zero-order valence-electron chi connectivity index (χ0n) is 19.2. The van der Waals surface area contributed by atoms with Crippen LogP contribution in [0.2, 0.25) is 5.02 Å². The van der Waals surface area contributed by atoms with Crippen molar-refractivity contribution in [3.05, 3.63) is 59.4 Å². The topological polar surface area (TPSA) is 78.3 Å². The van der Waals surface area contributed by atoms with Crippen LogP contribution in [0.3, 0.4) is 0 Å². The van der Waals surface area contributed by atoms with Gasteiger partial charge in [0.1, 0.15) is 18.1 Å². The summed E-state index contributed by atoms with van der Waals surface area (Å²) in [6, 6.07) is 14.8. The first-order valence-corrected chi connectivity index (χ1v) is 12.1. The minimum Gasteiger partial charge on any atom is -0.497 e. The van der Waals surface area contributed by atoms with Gasteiger partial charge in [0.15, 0.2) is 11.0 Å². The van der Waals surface area contributed by atoms with E-state index in [9.17, 15) is 4.79 Å². The first-order valence-electron chi connectivity index (χ1n) is 10.9. The SMILES string of the molecule is CCC(CC)n1c(COc2ccccc2Cl)nnc1SC(C)C(=O)Nc1ccc(OC)cc1. The smallest absolute Gasteiger partial charge is 0.237 e. The number of aromatic nitrogens is 3. The number of rotatable bonds is 11. The lowest BCUT2D eigenvalue weighted by Gasteiger charge is -2.20. The van der Waals surface area contributed by atoms with Crippen LogP contribution in [-0.2, 0) is 11.4 Å². The molecule has 7 nitrogen and oxygen atoms in total. The Morgan fingerprint density at radius 2 is 1.82 bits per heavy atom. The van der Waals surface area contributed by atoms with Crippen molar-refractivity contribution in [3.8, 4) is 11.5 Å². The maximum absolute atomic E-state index is 12.8. The molecular formula is C24H29ClN4O3S. The Bertz CT molecular complexity index is 1050. The van der Waals surface area contributed by atoms with Gasteiger partial charge in [-0.2, -0.15) is 0 Å². The lowest BCUT2D eigenvalue weighted by Crippen LogP contribution is -2.23. The van der Waals surface area contributed by atoms with Gasteiger partial charge in [0.05, 0.1) is 17.4 Å². The number of hydrogen-bond donors (Lipinski definition) is 1. The maximum atomic E-state index is 12.8. The number of anilines is 1. The molecule has 1 atom stereocenters. The van der Waals surface area contributed by atoms with Crippen LogP contribution in [0.4, 0.5) is 5.69 Å². The zero-order chi connectivity index (χ0) is 23.8. The van der Waals surface area contributed by atoms with Gasteiger partial charge in [-0.05, 0) is 56.2 Å². The number of halogens is 1. The molecule has 0 bridgehead atoms. The first kappa shape index (κ1) is 24.9. The van der Waals surface area contributed by atoms with Crippen molar-refractivity contribution in [1.82, 2.24) is 14.8 Å². The molecule has 0 spiro atoms. The second kappa shape index (κ2) is 12.0. The monoisotopic (exact) mass is 488 g/mol. The van der Waals surface area contributed by atoms with Crippen LogP contribution in [0.5, 0.6) is 11.5 Å². The molecule has 1 unspecified atom stereocenters. The third-order valence-electron chi connectivity index (χ3n) is 5.25. The zero-order valence-corrected chi connectivity index (χ0v) is 20.8. The van der Waals surface area contributed by atoms with Gasteiger partial charge in [-0.1, -0.05) is 49.3 Å². The number of ether oxygens (including phenoxy) is 2. The molecule has 2 aromatic carbocycles. The molecule has 176 valence electrons. The summed E-state index contributed by atoms with van der Waals surface area (Å²) in [5.74, 6) is 1.92. The van der Waals surface area contributed by atoms with Crippen molar-refractivity contribution in [2.24, 2.45) is 0 Å². The largest absolute Gasteiger partial charge is 0.497 e. The van der Waals surface area contributed by atoms with Crippen molar-refractivity contribution in [2.75, 3.05) is 12.4 Å². The first-order chi connectivity index (χ1) is 16.0. The molecule has 3 aromatic rings. The molecule has 0 saturated heterocycles. The van der Waals surface area contributed by atoms with E-state index < -0.39 is 0 Å². The van der Waals surface area contributed by atoms with Crippen molar-refractivity contribution in [3.63, 3.8) is 0 Å². The number of amides is 1. The predicted octanol–water partition coefficient (Wildman–Crippen LogP) is 6.00. The van der Waals surface area contributed by atoms with E-state index in [1.54, 1.807) is 13.2 Å². The van der Waals surface area contributed by atoms with Crippen molar-refractivity contribution in [1.29, 1.82) is 0 Å². The lowest BCUT2D eigenvalue weighted by molar-refractivity contribution is -0.115. The van der Waals surface area contributed by atoms with E-state index >= 15 is 0 Å². The molecule has 0 saturated carbocycles. The molecule has 9 heteroatoms. The fourth-order valence-corrected chi connectivity index (χ4v) is 4.47. The Labute approximate surface area is 203 Å². The number of nitrogens with one attached hydrogen (secondary N) is 1. The van der Waals surface area contributed by atoms with Gasteiger partial charge in [-0.3, -0.25) is 4.79 Å². The highest BCUT2D eigenvalue weighted by atomic mass is 35.5. The Kier molecular flexibility index (Phi) is 9.03. The Hall–Kier alpha value is -2.71. The summed E-state index contributed by atoms with van der Waals surface area (Å²) in [7, 11) is 1.61. The van der Waals surface area contributed by atoms with Crippen LogP contribution >= 0.6 is 23.4 Å². The number of carbonyl (C=O) groups excluding carboxylic acids is 1. The summed E-state index contributed by atoms with van der Waals surface area (Å²) in [6.07, 6.45) is 1.82. The van der Waals surface area contributed by atoms with Crippen LogP contribution in [0.1, 0.15) is 45.5 Å². The molecule has 3 rings (SSSR count). The number of benzene rings is 2. The molecule has 1 heterocycles.